The van der Waals surface area contributed by atoms with Gasteiger partial charge in [0.05, 0.1) is 0 Å². The maximum atomic E-state index is 13.3. The Hall–Kier alpha value is -1.05. The molecule has 2 N–H and O–H groups in total. The van der Waals surface area contributed by atoms with Crippen LogP contribution < -0.4 is 4.72 Å². The Labute approximate surface area is 105 Å². The normalized spacial score (nSPS) is 13.6. The van der Waals surface area contributed by atoms with Crippen LogP contribution in [0.3, 0.4) is 0 Å². The summed E-state index contributed by atoms with van der Waals surface area (Å²) in [5, 5.41) is 8.68. The van der Waals surface area contributed by atoms with Crippen LogP contribution in [0.2, 0.25) is 0 Å². The predicted molar refractivity (Wildman–Crippen MR) is 62.4 cm³/mol. The van der Waals surface area contributed by atoms with Crippen molar-refractivity contribution < 1.29 is 22.3 Å². The van der Waals surface area contributed by atoms with Gasteiger partial charge in [-0.3, -0.25) is 0 Å². The van der Waals surface area contributed by atoms with Gasteiger partial charge in [0.2, 0.25) is 10.0 Å². The number of benzene rings is 1. The van der Waals surface area contributed by atoms with Crippen molar-refractivity contribution in [2.24, 2.45) is 5.92 Å². The molecule has 1 rings (SSSR count). The second kappa shape index (κ2) is 6.21. The first-order chi connectivity index (χ1) is 8.36. The van der Waals surface area contributed by atoms with Crippen molar-refractivity contribution >= 4 is 10.0 Å². The smallest absolute Gasteiger partial charge is 0.243 e. The van der Waals surface area contributed by atoms with E-state index in [1.54, 1.807) is 6.92 Å². The van der Waals surface area contributed by atoms with Crippen LogP contribution in [0.15, 0.2) is 23.1 Å². The van der Waals surface area contributed by atoms with E-state index in [1.165, 1.54) is 0 Å². The van der Waals surface area contributed by atoms with Gasteiger partial charge in [0.25, 0.3) is 0 Å². The molecule has 4 nitrogen and oxygen atoms in total. The number of hydrogen-bond donors (Lipinski definition) is 2. The molecule has 18 heavy (non-hydrogen) atoms. The zero-order valence-corrected chi connectivity index (χ0v) is 10.7. The Bertz CT molecular complexity index is 505. The van der Waals surface area contributed by atoms with Gasteiger partial charge in [0.1, 0.15) is 16.5 Å². The molecule has 1 unspecified atom stereocenters. The van der Waals surface area contributed by atoms with Crippen LogP contribution in [0.5, 0.6) is 0 Å². The number of aliphatic hydroxyl groups is 1. The average molecular weight is 279 g/mol. The minimum absolute atomic E-state index is 0.0544. The van der Waals surface area contributed by atoms with Crippen molar-refractivity contribution in [2.45, 2.75) is 18.2 Å². The topological polar surface area (TPSA) is 66.4 Å². The van der Waals surface area contributed by atoms with E-state index in [-0.39, 0.29) is 19.1 Å². The molecule has 0 bridgehead atoms. The third-order valence-corrected chi connectivity index (χ3v) is 3.87. The second-order valence-corrected chi connectivity index (χ2v) is 5.78. The highest BCUT2D eigenvalue weighted by atomic mass is 32.2. The fraction of sp³-hybridized carbons (Fsp3) is 0.455. The highest BCUT2D eigenvalue weighted by Crippen LogP contribution is 2.15. The monoisotopic (exact) mass is 279 g/mol. The van der Waals surface area contributed by atoms with E-state index in [1.807, 2.05) is 0 Å². The van der Waals surface area contributed by atoms with Gasteiger partial charge in [-0.25, -0.2) is 21.9 Å². The van der Waals surface area contributed by atoms with Crippen molar-refractivity contribution in [1.29, 1.82) is 0 Å². The average Bonchev–Trinajstić information content (AvgIpc) is 2.30. The molecule has 102 valence electrons. The molecule has 0 spiro atoms. The van der Waals surface area contributed by atoms with Gasteiger partial charge in [-0.2, -0.15) is 0 Å². The van der Waals surface area contributed by atoms with Crippen LogP contribution >= 0.6 is 0 Å². The molecule has 0 saturated heterocycles. The van der Waals surface area contributed by atoms with Crippen LogP contribution in [0.25, 0.3) is 0 Å². The summed E-state index contributed by atoms with van der Waals surface area (Å²) in [5.74, 6) is -1.92. The summed E-state index contributed by atoms with van der Waals surface area (Å²) in [5.41, 5.74) is 0. The van der Waals surface area contributed by atoms with Crippen molar-refractivity contribution in [3.05, 3.63) is 29.8 Å². The van der Waals surface area contributed by atoms with Crippen molar-refractivity contribution in [2.75, 3.05) is 13.2 Å². The summed E-state index contributed by atoms with van der Waals surface area (Å²) >= 11 is 0. The number of rotatable bonds is 6. The maximum absolute atomic E-state index is 13.3. The molecule has 0 saturated carbocycles. The number of aliphatic hydroxyl groups excluding tert-OH is 1. The van der Waals surface area contributed by atoms with Crippen LogP contribution in [0, 0.1) is 17.6 Å². The summed E-state index contributed by atoms with van der Waals surface area (Å²) in [6.45, 7) is 1.73. The first-order valence-electron chi connectivity index (χ1n) is 5.42. The summed E-state index contributed by atoms with van der Waals surface area (Å²) in [6.07, 6.45) is 0.425. The molecule has 0 aliphatic rings. The predicted octanol–water partition coefficient (Wildman–Crippen LogP) is 1.26. The van der Waals surface area contributed by atoms with E-state index in [0.29, 0.717) is 12.5 Å². The fourth-order valence-electron chi connectivity index (χ4n) is 1.34. The molecule has 0 fully saturated rings. The minimum atomic E-state index is -4.07. The molecule has 0 aromatic heterocycles. The lowest BCUT2D eigenvalue weighted by atomic mass is 10.1. The van der Waals surface area contributed by atoms with Crippen LogP contribution in [0.4, 0.5) is 8.78 Å². The molecular weight excluding hydrogens is 264 g/mol. The molecule has 0 radical (unpaired) electrons. The lowest BCUT2D eigenvalue weighted by molar-refractivity contribution is 0.263. The SMILES string of the molecule is CC(CCO)CNS(=O)(=O)c1cc(F)ccc1F. The zero-order valence-electron chi connectivity index (χ0n) is 9.86. The molecule has 1 aromatic rings. The van der Waals surface area contributed by atoms with E-state index in [0.717, 1.165) is 12.1 Å². The van der Waals surface area contributed by atoms with Gasteiger partial charge in [-0.1, -0.05) is 6.92 Å². The minimum Gasteiger partial charge on any atom is -0.396 e. The molecule has 0 aliphatic heterocycles. The van der Waals surface area contributed by atoms with Gasteiger partial charge >= 0.3 is 0 Å². The van der Waals surface area contributed by atoms with Crippen LogP contribution in [0.1, 0.15) is 13.3 Å². The highest BCUT2D eigenvalue weighted by molar-refractivity contribution is 7.89. The molecule has 0 heterocycles. The fourth-order valence-corrected chi connectivity index (χ4v) is 2.59. The first-order valence-corrected chi connectivity index (χ1v) is 6.90. The summed E-state index contributed by atoms with van der Waals surface area (Å²) in [6, 6.07) is 2.25. The van der Waals surface area contributed by atoms with Gasteiger partial charge in [0.15, 0.2) is 0 Å². The van der Waals surface area contributed by atoms with E-state index in [9.17, 15) is 17.2 Å². The Balaban J connectivity index is 2.83. The van der Waals surface area contributed by atoms with Gasteiger partial charge in [-0.15, -0.1) is 0 Å². The van der Waals surface area contributed by atoms with Gasteiger partial charge in [0, 0.05) is 13.2 Å². The molecular formula is C11H15F2NO3S. The number of sulfonamides is 1. The van der Waals surface area contributed by atoms with E-state index < -0.39 is 26.6 Å². The Morgan fingerprint density at radius 1 is 1.39 bits per heavy atom. The third kappa shape index (κ3) is 4.01. The Morgan fingerprint density at radius 3 is 2.67 bits per heavy atom. The van der Waals surface area contributed by atoms with E-state index >= 15 is 0 Å². The quantitative estimate of drug-likeness (QED) is 0.824. The lowest BCUT2D eigenvalue weighted by Crippen LogP contribution is -2.29. The number of nitrogens with one attached hydrogen (secondary N) is 1. The largest absolute Gasteiger partial charge is 0.396 e. The van der Waals surface area contributed by atoms with Crippen LogP contribution in [-0.2, 0) is 10.0 Å². The van der Waals surface area contributed by atoms with Gasteiger partial charge in [-0.05, 0) is 30.5 Å². The summed E-state index contributed by atoms with van der Waals surface area (Å²) < 4.78 is 51.9. The molecule has 0 amide bonds. The first kappa shape index (κ1) is 15.0. The van der Waals surface area contributed by atoms with E-state index in [2.05, 4.69) is 4.72 Å². The van der Waals surface area contributed by atoms with Crippen molar-refractivity contribution in [3.8, 4) is 0 Å². The Morgan fingerprint density at radius 2 is 2.06 bits per heavy atom. The van der Waals surface area contributed by atoms with Crippen molar-refractivity contribution in [1.82, 2.24) is 4.72 Å². The van der Waals surface area contributed by atoms with Crippen molar-refractivity contribution in [3.63, 3.8) is 0 Å². The maximum Gasteiger partial charge on any atom is 0.243 e. The summed E-state index contributed by atoms with van der Waals surface area (Å²) in [7, 11) is -4.07. The lowest BCUT2D eigenvalue weighted by Gasteiger charge is -2.12. The molecule has 1 atom stereocenters. The number of halogens is 2. The highest BCUT2D eigenvalue weighted by Gasteiger charge is 2.20. The van der Waals surface area contributed by atoms with Gasteiger partial charge < -0.3 is 5.11 Å². The molecule has 7 heteroatoms. The standard InChI is InChI=1S/C11H15F2NO3S/c1-8(4-5-15)7-14-18(16,17)11-6-9(12)2-3-10(11)13/h2-3,6,8,14-15H,4-5,7H2,1H3. The third-order valence-electron chi connectivity index (χ3n) is 2.43. The number of hydrogen-bond acceptors (Lipinski definition) is 3. The second-order valence-electron chi connectivity index (χ2n) is 4.04. The summed E-state index contributed by atoms with van der Waals surface area (Å²) in [4.78, 5) is -0.710. The zero-order chi connectivity index (χ0) is 13.8. The molecule has 1 aromatic carbocycles. The van der Waals surface area contributed by atoms with Crippen LogP contribution in [-0.4, -0.2) is 26.7 Å². The Kier molecular flexibility index (Phi) is 5.18. The van der Waals surface area contributed by atoms with E-state index in [4.69, 9.17) is 5.11 Å². The molecule has 0 aliphatic carbocycles.